The van der Waals surface area contributed by atoms with Crippen LogP contribution in [-0.2, 0) is 16.4 Å². The van der Waals surface area contributed by atoms with Gasteiger partial charge in [0, 0.05) is 18.3 Å². The molecule has 0 radical (unpaired) electrons. The summed E-state index contributed by atoms with van der Waals surface area (Å²) in [4.78, 5) is 12.0. The molecule has 1 fully saturated rings. The molecule has 2 unspecified atom stereocenters. The van der Waals surface area contributed by atoms with Crippen LogP contribution in [0.2, 0.25) is 0 Å². The van der Waals surface area contributed by atoms with Gasteiger partial charge in [-0.15, -0.1) is 0 Å². The minimum Gasteiger partial charge on any atom is -0.350 e. The second kappa shape index (κ2) is 6.57. The topological polar surface area (TPSA) is 104 Å². The zero-order valence-electron chi connectivity index (χ0n) is 12.3. The quantitative estimate of drug-likeness (QED) is 0.708. The van der Waals surface area contributed by atoms with Crippen LogP contribution in [0.15, 0.2) is 6.07 Å². The van der Waals surface area contributed by atoms with Gasteiger partial charge in [0.15, 0.2) is 0 Å². The number of carbonyl (C=O) groups is 1. The maximum absolute atomic E-state index is 12.0. The SMILES string of the molecule is CCc1cc(C(=O)NCC2CCCC2NS(C)(=O)=O)n[nH]1. The van der Waals surface area contributed by atoms with Crippen molar-refractivity contribution in [2.24, 2.45) is 5.92 Å². The normalized spacial score (nSPS) is 22.4. The van der Waals surface area contributed by atoms with E-state index in [-0.39, 0.29) is 17.9 Å². The van der Waals surface area contributed by atoms with Crippen molar-refractivity contribution in [2.45, 2.75) is 38.6 Å². The number of sulfonamides is 1. The Balaban J connectivity index is 1.88. The Morgan fingerprint density at radius 2 is 2.24 bits per heavy atom. The fourth-order valence-electron chi connectivity index (χ4n) is 2.68. The maximum Gasteiger partial charge on any atom is 0.271 e. The lowest BCUT2D eigenvalue weighted by molar-refractivity contribution is 0.0941. The molecule has 1 saturated carbocycles. The van der Waals surface area contributed by atoms with E-state index in [1.165, 1.54) is 0 Å². The van der Waals surface area contributed by atoms with E-state index in [0.29, 0.717) is 12.2 Å². The first-order chi connectivity index (χ1) is 9.89. The minimum atomic E-state index is -3.21. The second-order valence-corrected chi connectivity index (χ2v) is 7.31. The van der Waals surface area contributed by atoms with Crippen molar-refractivity contribution in [3.8, 4) is 0 Å². The van der Waals surface area contributed by atoms with E-state index in [4.69, 9.17) is 0 Å². The summed E-state index contributed by atoms with van der Waals surface area (Å²) in [7, 11) is -3.21. The molecule has 0 aromatic carbocycles. The highest BCUT2D eigenvalue weighted by Gasteiger charge is 2.29. The van der Waals surface area contributed by atoms with E-state index >= 15 is 0 Å². The number of nitrogens with zero attached hydrogens (tertiary/aromatic N) is 1. The summed E-state index contributed by atoms with van der Waals surface area (Å²) in [6.45, 7) is 2.44. The number of aryl methyl sites for hydroxylation is 1. The molecule has 3 N–H and O–H groups in total. The highest BCUT2D eigenvalue weighted by molar-refractivity contribution is 7.88. The van der Waals surface area contributed by atoms with Crippen molar-refractivity contribution in [1.82, 2.24) is 20.2 Å². The Morgan fingerprint density at radius 3 is 2.86 bits per heavy atom. The fourth-order valence-corrected chi connectivity index (χ4v) is 3.54. The summed E-state index contributed by atoms with van der Waals surface area (Å²) in [6, 6.07) is 1.64. The molecule has 2 rings (SSSR count). The monoisotopic (exact) mass is 314 g/mol. The molecule has 1 aromatic heterocycles. The summed E-state index contributed by atoms with van der Waals surface area (Å²) in [5.74, 6) is -0.0933. The van der Waals surface area contributed by atoms with E-state index in [2.05, 4.69) is 20.2 Å². The van der Waals surface area contributed by atoms with E-state index in [1.54, 1.807) is 6.07 Å². The van der Waals surface area contributed by atoms with E-state index < -0.39 is 10.0 Å². The molecule has 1 aliphatic carbocycles. The van der Waals surface area contributed by atoms with E-state index in [1.807, 2.05) is 6.92 Å². The molecule has 8 heteroatoms. The van der Waals surface area contributed by atoms with Gasteiger partial charge in [0.2, 0.25) is 10.0 Å². The van der Waals surface area contributed by atoms with Crippen LogP contribution in [0, 0.1) is 5.92 Å². The van der Waals surface area contributed by atoms with Gasteiger partial charge < -0.3 is 5.32 Å². The smallest absolute Gasteiger partial charge is 0.271 e. The number of hydrogen-bond acceptors (Lipinski definition) is 4. The first-order valence-corrected chi connectivity index (χ1v) is 9.08. The lowest BCUT2D eigenvalue weighted by atomic mass is 10.0. The molecule has 118 valence electrons. The van der Waals surface area contributed by atoms with Crippen LogP contribution >= 0.6 is 0 Å². The summed E-state index contributed by atoms with van der Waals surface area (Å²) in [5.41, 5.74) is 1.29. The number of aromatic amines is 1. The number of H-pyrrole nitrogens is 1. The van der Waals surface area contributed by atoms with Crippen molar-refractivity contribution < 1.29 is 13.2 Å². The lowest BCUT2D eigenvalue weighted by Crippen LogP contribution is -2.41. The van der Waals surface area contributed by atoms with Gasteiger partial charge in [-0.05, 0) is 31.2 Å². The number of rotatable bonds is 6. The predicted octanol–water partition coefficient (Wildman–Crippen LogP) is 0.420. The predicted molar refractivity (Wildman–Crippen MR) is 79.4 cm³/mol. The van der Waals surface area contributed by atoms with Gasteiger partial charge in [-0.25, -0.2) is 13.1 Å². The number of aromatic nitrogens is 2. The third kappa shape index (κ3) is 4.53. The molecule has 21 heavy (non-hydrogen) atoms. The van der Waals surface area contributed by atoms with Crippen LogP contribution in [0.3, 0.4) is 0 Å². The Morgan fingerprint density at radius 1 is 1.48 bits per heavy atom. The molecule has 7 nitrogen and oxygen atoms in total. The standard InChI is InChI=1S/C13H22N4O3S/c1-3-10-7-12(16-15-10)13(18)14-8-9-5-4-6-11(9)17-21(2,19)20/h7,9,11,17H,3-6,8H2,1-2H3,(H,14,18)(H,15,16). The third-order valence-corrected chi connectivity index (χ3v) is 4.52. The first kappa shape index (κ1) is 16.0. The Kier molecular flexibility index (Phi) is 5.00. The molecule has 0 bridgehead atoms. The summed E-state index contributed by atoms with van der Waals surface area (Å²) in [6.07, 6.45) is 4.65. The lowest BCUT2D eigenvalue weighted by Gasteiger charge is -2.20. The van der Waals surface area contributed by atoms with Crippen molar-refractivity contribution in [3.63, 3.8) is 0 Å². The Hall–Kier alpha value is -1.41. The molecule has 2 atom stereocenters. The van der Waals surface area contributed by atoms with Crippen LogP contribution in [0.5, 0.6) is 0 Å². The van der Waals surface area contributed by atoms with Gasteiger partial charge in [0.05, 0.1) is 6.26 Å². The highest BCUT2D eigenvalue weighted by atomic mass is 32.2. The van der Waals surface area contributed by atoms with E-state index in [0.717, 1.165) is 37.6 Å². The van der Waals surface area contributed by atoms with Crippen molar-refractivity contribution in [1.29, 1.82) is 0 Å². The van der Waals surface area contributed by atoms with Crippen molar-refractivity contribution in [2.75, 3.05) is 12.8 Å². The number of hydrogen-bond donors (Lipinski definition) is 3. The fraction of sp³-hybridized carbons (Fsp3) is 0.692. The van der Waals surface area contributed by atoms with Gasteiger partial charge in [0.1, 0.15) is 5.69 Å². The highest BCUT2D eigenvalue weighted by Crippen LogP contribution is 2.25. The average Bonchev–Trinajstić information content (AvgIpc) is 3.03. The molecule has 1 aliphatic rings. The molecular weight excluding hydrogens is 292 g/mol. The molecule has 0 aliphatic heterocycles. The molecule has 0 spiro atoms. The maximum atomic E-state index is 12.0. The van der Waals surface area contributed by atoms with Crippen molar-refractivity contribution in [3.05, 3.63) is 17.5 Å². The van der Waals surface area contributed by atoms with E-state index in [9.17, 15) is 13.2 Å². The summed E-state index contributed by atoms with van der Waals surface area (Å²) >= 11 is 0. The van der Waals surface area contributed by atoms with Gasteiger partial charge >= 0.3 is 0 Å². The van der Waals surface area contributed by atoms with Crippen LogP contribution in [-0.4, -0.2) is 43.4 Å². The van der Waals surface area contributed by atoms with Gasteiger partial charge in [-0.1, -0.05) is 13.3 Å². The van der Waals surface area contributed by atoms with Crippen molar-refractivity contribution >= 4 is 15.9 Å². The molecule has 0 saturated heterocycles. The largest absolute Gasteiger partial charge is 0.350 e. The molecule has 1 heterocycles. The molecule has 1 aromatic rings. The van der Waals surface area contributed by atoms with Gasteiger partial charge in [-0.2, -0.15) is 5.10 Å². The average molecular weight is 314 g/mol. The Labute approximate surface area is 124 Å². The summed E-state index contributed by atoms with van der Waals surface area (Å²) < 4.78 is 25.3. The van der Waals surface area contributed by atoms with Crippen LogP contribution in [0.25, 0.3) is 0 Å². The summed E-state index contributed by atoms with van der Waals surface area (Å²) in [5, 5.41) is 9.60. The van der Waals surface area contributed by atoms with Gasteiger partial charge in [0.25, 0.3) is 5.91 Å². The van der Waals surface area contributed by atoms with Crippen LogP contribution in [0.4, 0.5) is 0 Å². The van der Waals surface area contributed by atoms with Crippen LogP contribution in [0.1, 0.15) is 42.4 Å². The minimum absolute atomic E-state index is 0.0920. The van der Waals surface area contributed by atoms with Crippen LogP contribution < -0.4 is 10.0 Å². The molecule has 1 amide bonds. The third-order valence-electron chi connectivity index (χ3n) is 3.79. The first-order valence-electron chi connectivity index (χ1n) is 7.19. The number of nitrogens with one attached hydrogen (secondary N) is 3. The zero-order chi connectivity index (χ0) is 15.5. The second-order valence-electron chi connectivity index (χ2n) is 5.53. The number of amides is 1. The Bertz CT molecular complexity index is 596. The van der Waals surface area contributed by atoms with Gasteiger partial charge in [-0.3, -0.25) is 9.89 Å². The number of carbonyl (C=O) groups excluding carboxylic acids is 1. The molecular formula is C13H22N4O3S. The zero-order valence-corrected chi connectivity index (χ0v) is 13.2.